The van der Waals surface area contributed by atoms with Crippen molar-refractivity contribution in [1.29, 1.82) is 0 Å². The van der Waals surface area contributed by atoms with Gasteiger partial charge >= 0.3 is 0 Å². The van der Waals surface area contributed by atoms with E-state index >= 15 is 0 Å². The van der Waals surface area contributed by atoms with Crippen LogP contribution in [-0.4, -0.2) is 33.0 Å². The highest BCUT2D eigenvalue weighted by Gasteiger charge is 2.37. The average molecular weight is 364 g/mol. The fourth-order valence-corrected chi connectivity index (χ4v) is 3.83. The van der Waals surface area contributed by atoms with Crippen LogP contribution >= 0.6 is 0 Å². The van der Waals surface area contributed by atoms with Gasteiger partial charge in [-0.05, 0) is 36.5 Å². The third-order valence-electron chi connectivity index (χ3n) is 5.42. The van der Waals surface area contributed by atoms with E-state index in [-0.39, 0.29) is 23.1 Å². The maximum Gasteiger partial charge on any atom is 0.223 e. The van der Waals surface area contributed by atoms with Crippen LogP contribution in [0.2, 0.25) is 18.1 Å². The van der Waals surface area contributed by atoms with Crippen LogP contribution in [0.15, 0.2) is 30.3 Å². The number of hydrogen-bond acceptors (Lipinski definition) is 3. The molecule has 2 rings (SSSR count). The molecule has 1 N–H and O–H groups in total. The van der Waals surface area contributed by atoms with Crippen LogP contribution in [0, 0.1) is 0 Å². The number of ether oxygens (including phenoxy) is 1. The van der Waals surface area contributed by atoms with E-state index in [0.717, 1.165) is 25.0 Å². The van der Waals surface area contributed by atoms with Gasteiger partial charge in [0.05, 0.1) is 25.2 Å². The summed E-state index contributed by atoms with van der Waals surface area (Å²) in [5.41, 5.74) is 1.14. The van der Waals surface area contributed by atoms with E-state index in [0.29, 0.717) is 13.0 Å². The van der Waals surface area contributed by atoms with E-state index in [1.54, 1.807) is 0 Å². The predicted molar refractivity (Wildman–Crippen MR) is 104 cm³/mol. The minimum Gasteiger partial charge on any atom is -0.417 e. The maximum atomic E-state index is 11.8. The molecule has 0 bridgehead atoms. The van der Waals surface area contributed by atoms with Gasteiger partial charge < -0.3 is 14.5 Å². The van der Waals surface area contributed by atoms with E-state index in [4.69, 9.17) is 9.16 Å². The van der Waals surface area contributed by atoms with Crippen LogP contribution in [0.1, 0.15) is 45.6 Å². The van der Waals surface area contributed by atoms with Crippen LogP contribution in [0.5, 0.6) is 0 Å². The highest BCUT2D eigenvalue weighted by Crippen LogP contribution is 2.36. The molecule has 0 aliphatic carbocycles. The molecule has 0 aromatic heterocycles. The first-order valence-electron chi connectivity index (χ1n) is 9.28. The molecule has 1 aliphatic rings. The van der Waals surface area contributed by atoms with Gasteiger partial charge in [0.1, 0.15) is 0 Å². The van der Waals surface area contributed by atoms with Gasteiger partial charge in [0.25, 0.3) is 0 Å². The molecule has 1 saturated heterocycles. The predicted octanol–water partition coefficient (Wildman–Crippen LogP) is 4.26. The Balaban J connectivity index is 1.76. The third kappa shape index (κ3) is 5.94. The summed E-state index contributed by atoms with van der Waals surface area (Å²) in [6.45, 7) is 12.6. The normalized spacial score (nSPS) is 21.4. The molecule has 1 aromatic rings. The standard InChI is InChI=1S/C20H33NO3Si/c1-20(2,3)25(4,5)24-13-9-12-17-18(14-19(22)21-17)23-15-16-10-7-6-8-11-16/h6-8,10-11,17-18H,9,12-15H2,1-5H3,(H,21,22)/t17-,18+/m1/s1. The van der Waals surface area contributed by atoms with Crippen molar-refractivity contribution in [2.75, 3.05) is 6.61 Å². The molecule has 0 radical (unpaired) electrons. The largest absolute Gasteiger partial charge is 0.417 e. The molecule has 1 aromatic carbocycles. The van der Waals surface area contributed by atoms with Gasteiger partial charge in [-0.15, -0.1) is 0 Å². The molecule has 0 unspecified atom stereocenters. The molecular weight excluding hydrogens is 330 g/mol. The summed E-state index contributed by atoms with van der Waals surface area (Å²) in [7, 11) is -1.69. The van der Waals surface area contributed by atoms with E-state index in [1.165, 1.54) is 0 Å². The quantitative estimate of drug-likeness (QED) is 0.554. The van der Waals surface area contributed by atoms with Gasteiger partial charge in [-0.1, -0.05) is 51.1 Å². The van der Waals surface area contributed by atoms with Gasteiger partial charge in [-0.2, -0.15) is 0 Å². The summed E-state index contributed by atoms with van der Waals surface area (Å²) >= 11 is 0. The second-order valence-electron chi connectivity index (χ2n) is 8.46. The molecule has 5 heteroatoms. The first-order chi connectivity index (χ1) is 11.7. The molecule has 140 valence electrons. The summed E-state index contributed by atoms with van der Waals surface area (Å²) in [6, 6.07) is 10.2. The minimum atomic E-state index is -1.69. The minimum absolute atomic E-state index is 0.0411. The van der Waals surface area contributed by atoms with E-state index in [2.05, 4.69) is 39.2 Å². The van der Waals surface area contributed by atoms with Crippen molar-refractivity contribution in [3.05, 3.63) is 35.9 Å². The summed E-state index contributed by atoms with van der Waals surface area (Å²) in [5, 5.41) is 3.29. The molecule has 4 nitrogen and oxygen atoms in total. The Morgan fingerprint density at radius 1 is 1.20 bits per heavy atom. The number of nitrogens with one attached hydrogen (secondary N) is 1. The SMILES string of the molecule is CC(C)(C)[Si](C)(C)OCCC[C@H]1NC(=O)C[C@@H]1OCc1ccccc1. The molecule has 1 aliphatic heterocycles. The molecule has 1 heterocycles. The zero-order chi connectivity index (χ0) is 18.5. The highest BCUT2D eigenvalue weighted by atomic mass is 28.4. The lowest BCUT2D eigenvalue weighted by molar-refractivity contribution is -0.120. The summed E-state index contributed by atoms with van der Waals surface area (Å²) in [6.07, 6.45) is 2.27. The topological polar surface area (TPSA) is 47.6 Å². The highest BCUT2D eigenvalue weighted by molar-refractivity contribution is 6.74. The molecule has 0 spiro atoms. The van der Waals surface area contributed by atoms with Gasteiger partial charge in [-0.3, -0.25) is 4.79 Å². The fraction of sp³-hybridized carbons (Fsp3) is 0.650. The van der Waals surface area contributed by atoms with Crippen LogP contribution in [0.3, 0.4) is 0 Å². The Hall–Kier alpha value is -1.17. The number of amides is 1. The van der Waals surface area contributed by atoms with Gasteiger partial charge in [0, 0.05) is 6.61 Å². The van der Waals surface area contributed by atoms with Crippen molar-refractivity contribution >= 4 is 14.2 Å². The number of carbonyl (C=O) groups is 1. The van der Waals surface area contributed by atoms with Crippen molar-refractivity contribution in [2.24, 2.45) is 0 Å². The summed E-state index contributed by atoms with van der Waals surface area (Å²) < 4.78 is 12.2. The Morgan fingerprint density at radius 3 is 2.52 bits per heavy atom. The monoisotopic (exact) mass is 363 g/mol. The number of hydrogen-bond donors (Lipinski definition) is 1. The summed E-state index contributed by atoms with van der Waals surface area (Å²) in [4.78, 5) is 11.8. The lowest BCUT2D eigenvalue weighted by Crippen LogP contribution is -2.41. The zero-order valence-corrected chi connectivity index (χ0v) is 17.3. The Kier molecular flexibility index (Phi) is 6.83. The lowest BCUT2D eigenvalue weighted by atomic mass is 10.1. The smallest absolute Gasteiger partial charge is 0.223 e. The molecular formula is C20H33NO3Si. The zero-order valence-electron chi connectivity index (χ0n) is 16.3. The van der Waals surface area contributed by atoms with Gasteiger partial charge in [0.2, 0.25) is 5.91 Å². The first kappa shape index (κ1) is 20.1. The fourth-order valence-electron chi connectivity index (χ4n) is 2.74. The first-order valence-corrected chi connectivity index (χ1v) is 12.2. The Bertz CT molecular complexity index is 554. The molecule has 25 heavy (non-hydrogen) atoms. The molecule has 1 amide bonds. The van der Waals surface area contributed by atoms with E-state index in [1.807, 2.05) is 30.3 Å². The molecule has 0 saturated carbocycles. The number of rotatable bonds is 8. The van der Waals surface area contributed by atoms with Crippen LogP contribution in [-0.2, 0) is 20.6 Å². The molecule has 1 fully saturated rings. The van der Waals surface area contributed by atoms with Gasteiger partial charge in [0.15, 0.2) is 8.32 Å². The Morgan fingerprint density at radius 2 is 1.88 bits per heavy atom. The van der Waals surface area contributed by atoms with Crippen molar-refractivity contribution in [3.8, 4) is 0 Å². The van der Waals surface area contributed by atoms with E-state index in [9.17, 15) is 4.79 Å². The second-order valence-corrected chi connectivity index (χ2v) is 13.3. The second kappa shape index (κ2) is 8.47. The Labute approximate surface area is 153 Å². The summed E-state index contributed by atoms with van der Waals surface area (Å²) in [5.74, 6) is 0.0911. The van der Waals surface area contributed by atoms with Crippen LogP contribution < -0.4 is 5.32 Å². The van der Waals surface area contributed by atoms with Crippen molar-refractivity contribution in [3.63, 3.8) is 0 Å². The molecule has 2 atom stereocenters. The lowest BCUT2D eigenvalue weighted by Gasteiger charge is -2.36. The van der Waals surface area contributed by atoms with E-state index < -0.39 is 8.32 Å². The average Bonchev–Trinajstić information content (AvgIpc) is 2.89. The number of carbonyl (C=O) groups excluding carboxylic acids is 1. The third-order valence-corrected chi connectivity index (χ3v) is 9.96. The van der Waals surface area contributed by atoms with Crippen molar-refractivity contribution < 1.29 is 14.0 Å². The van der Waals surface area contributed by atoms with Crippen molar-refractivity contribution in [2.45, 2.75) is 76.9 Å². The van der Waals surface area contributed by atoms with Crippen molar-refractivity contribution in [1.82, 2.24) is 5.32 Å². The van der Waals surface area contributed by atoms with Crippen LogP contribution in [0.25, 0.3) is 0 Å². The van der Waals surface area contributed by atoms with Gasteiger partial charge in [-0.25, -0.2) is 0 Å². The maximum absolute atomic E-state index is 11.8. The van der Waals surface area contributed by atoms with Crippen LogP contribution in [0.4, 0.5) is 0 Å². The number of benzene rings is 1.